The number of anilines is 1. The fourth-order valence-electron chi connectivity index (χ4n) is 2.38. The summed E-state index contributed by atoms with van der Waals surface area (Å²) in [5, 5.41) is 0.362. The summed E-state index contributed by atoms with van der Waals surface area (Å²) < 4.78 is 0. The minimum absolute atomic E-state index is 0.00810. The highest BCUT2D eigenvalue weighted by molar-refractivity contribution is 6.31. The van der Waals surface area contributed by atoms with E-state index in [0.29, 0.717) is 11.0 Å². The van der Waals surface area contributed by atoms with Gasteiger partial charge in [0.15, 0.2) is 0 Å². The monoisotopic (exact) mass is 273 g/mol. The second kappa shape index (κ2) is 4.63. The minimum Gasteiger partial charge on any atom is -0.289 e. The number of carbonyl (C=O) groups excluding carboxylic acids is 1. The number of hydrogen-bond acceptors (Lipinski definition) is 3. The van der Waals surface area contributed by atoms with Gasteiger partial charge in [-0.25, -0.2) is 9.97 Å². The average molecular weight is 274 g/mol. The Balaban J connectivity index is 2.03. The number of hydrogen-bond donors (Lipinski definition) is 0. The van der Waals surface area contributed by atoms with Gasteiger partial charge in [-0.3, -0.25) is 9.69 Å². The fourth-order valence-corrected chi connectivity index (χ4v) is 2.57. The first-order chi connectivity index (χ1) is 9.18. The molecule has 0 bridgehead atoms. The molecule has 1 aliphatic heterocycles. The van der Waals surface area contributed by atoms with Crippen molar-refractivity contribution in [3.63, 3.8) is 0 Å². The van der Waals surface area contributed by atoms with E-state index in [1.165, 1.54) is 6.33 Å². The van der Waals surface area contributed by atoms with Crippen molar-refractivity contribution in [2.75, 3.05) is 4.90 Å². The average Bonchev–Trinajstić information content (AvgIpc) is 2.77. The van der Waals surface area contributed by atoms with Crippen LogP contribution in [0.25, 0.3) is 0 Å². The summed E-state index contributed by atoms with van der Waals surface area (Å²) in [6.45, 7) is 1.98. The Kier molecular flexibility index (Phi) is 2.95. The van der Waals surface area contributed by atoms with Crippen molar-refractivity contribution in [2.24, 2.45) is 0 Å². The van der Waals surface area contributed by atoms with Crippen LogP contribution in [0.2, 0.25) is 5.15 Å². The number of carbonyl (C=O) groups is 1. The van der Waals surface area contributed by atoms with E-state index in [1.807, 2.05) is 37.3 Å². The summed E-state index contributed by atoms with van der Waals surface area (Å²) in [7, 11) is 0. The SMILES string of the molecule is CC(c1ccccc1)N1C(=O)Cc2c(Cl)ncnc21. The van der Waals surface area contributed by atoms with Crippen LogP contribution < -0.4 is 4.90 Å². The number of fused-ring (bicyclic) bond motifs is 1. The van der Waals surface area contributed by atoms with Crippen molar-refractivity contribution in [3.8, 4) is 0 Å². The Morgan fingerprint density at radius 2 is 2.00 bits per heavy atom. The van der Waals surface area contributed by atoms with Gasteiger partial charge in [-0.2, -0.15) is 0 Å². The van der Waals surface area contributed by atoms with Crippen LogP contribution in [-0.4, -0.2) is 15.9 Å². The molecule has 4 nitrogen and oxygen atoms in total. The van der Waals surface area contributed by atoms with Gasteiger partial charge in [-0.15, -0.1) is 0 Å². The van der Waals surface area contributed by atoms with Crippen molar-refractivity contribution in [3.05, 3.63) is 52.9 Å². The molecule has 2 heterocycles. The number of aromatic nitrogens is 2. The van der Waals surface area contributed by atoms with Crippen LogP contribution in [0.4, 0.5) is 5.82 Å². The molecule has 0 saturated carbocycles. The highest BCUT2D eigenvalue weighted by Gasteiger charge is 2.34. The molecule has 96 valence electrons. The van der Waals surface area contributed by atoms with Gasteiger partial charge in [0.1, 0.15) is 17.3 Å². The third-order valence-corrected chi connectivity index (χ3v) is 3.69. The first-order valence-electron chi connectivity index (χ1n) is 6.05. The summed E-state index contributed by atoms with van der Waals surface area (Å²) in [5.74, 6) is 0.634. The zero-order valence-corrected chi connectivity index (χ0v) is 11.1. The zero-order valence-electron chi connectivity index (χ0n) is 10.4. The molecule has 1 amide bonds. The van der Waals surface area contributed by atoms with Crippen LogP contribution >= 0.6 is 11.6 Å². The Morgan fingerprint density at radius 3 is 2.74 bits per heavy atom. The second-order valence-electron chi connectivity index (χ2n) is 4.49. The molecule has 0 fully saturated rings. The van der Waals surface area contributed by atoms with E-state index in [4.69, 9.17) is 11.6 Å². The van der Waals surface area contributed by atoms with Gasteiger partial charge >= 0.3 is 0 Å². The highest BCUT2D eigenvalue weighted by atomic mass is 35.5. The van der Waals surface area contributed by atoms with Crippen LogP contribution in [0.15, 0.2) is 36.7 Å². The van der Waals surface area contributed by atoms with Gasteiger partial charge in [0.25, 0.3) is 0 Å². The van der Waals surface area contributed by atoms with E-state index in [2.05, 4.69) is 9.97 Å². The molecule has 3 rings (SSSR count). The summed E-state index contributed by atoms with van der Waals surface area (Å²) in [6, 6.07) is 9.80. The van der Waals surface area contributed by atoms with Gasteiger partial charge in [-0.1, -0.05) is 41.9 Å². The zero-order chi connectivity index (χ0) is 13.4. The molecular formula is C14H12ClN3O. The van der Waals surface area contributed by atoms with Crippen LogP contribution in [0.3, 0.4) is 0 Å². The molecule has 1 aromatic heterocycles. The predicted octanol–water partition coefficient (Wildman–Crippen LogP) is 2.78. The van der Waals surface area contributed by atoms with E-state index in [0.717, 1.165) is 11.1 Å². The maximum Gasteiger partial charge on any atom is 0.233 e. The third kappa shape index (κ3) is 1.98. The smallest absolute Gasteiger partial charge is 0.233 e. The van der Waals surface area contributed by atoms with Gasteiger partial charge in [0.05, 0.1) is 12.5 Å². The molecule has 0 saturated heterocycles. The molecule has 19 heavy (non-hydrogen) atoms. The van der Waals surface area contributed by atoms with Crippen molar-refractivity contribution in [1.82, 2.24) is 9.97 Å². The van der Waals surface area contributed by atoms with Crippen molar-refractivity contribution in [1.29, 1.82) is 0 Å². The molecule has 0 radical (unpaired) electrons. The maximum atomic E-state index is 12.2. The van der Waals surface area contributed by atoms with Gasteiger partial charge in [0, 0.05) is 5.56 Å². The lowest BCUT2D eigenvalue weighted by Gasteiger charge is -2.24. The Labute approximate surface area is 116 Å². The number of rotatable bonds is 2. The quantitative estimate of drug-likeness (QED) is 0.791. The Bertz CT molecular complexity index is 630. The largest absolute Gasteiger partial charge is 0.289 e. The van der Waals surface area contributed by atoms with Gasteiger partial charge < -0.3 is 0 Å². The van der Waals surface area contributed by atoms with Crippen LogP contribution in [0, 0.1) is 0 Å². The molecule has 0 spiro atoms. The molecule has 0 aliphatic carbocycles. The van der Waals surface area contributed by atoms with Crippen molar-refractivity contribution in [2.45, 2.75) is 19.4 Å². The number of benzene rings is 1. The summed E-state index contributed by atoms with van der Waals surface area (Å²) in [5.41, 5.74) is 1.79. The maximum absolute atomic E-state index is 12.2. The number of halogens is 1. The predicted molar refractivity (Wildman–Crippen MR) is 73.1 cm³/mol. The van der Waals surface area contributed by atoms with Crippen molar-refractivity contribution < 1.29 is 4.79 Å². The topological polar surface area (TPSA) is 46.1 Å². The first-order valence-corrected chi connectivity index (χ1v) is 6.42. The minimum atomic E-state index is -0.0686. The summed E-state index contributed by atoms with van der Waals surface area (Å²) in [4.78, 5) is 22.0. The Morgan fingerprint density at radius 1 is 1.26 bits per heavy atom. The molecular weight excluding hydrogens is 262 g/mol. The lowest BCUT2D eigenvalue weighted by molar-refractivity contribution is -0.117. The molecule has 5 heteroatoms. The third-order valence-electron chi connectivity index (χ3n) is 3.36. The molecule has 1 aromatic carbocycles. The van der Waals surface area contributed by atoms with E-state index < -0.39 is 0 Å². The molecule has 0 N–H and O–H groups in total. The molecule has 1 unspecified atom stereocenters. The van der Waals surface area contributed by atoms with E-state index in [1.54, 1.807) is 4.90 Å². The fraction of sp³-hybridized carbons (Fsp3) is 0.214. The highest BCUT2D eigenvalue weighted by Crippen LogP contribution is 2.36. The first kappa shape index (κ1) is 12.1. The summed E-state index contributed by atoms with van der Waals surface area (Å²) in [6.07, 6.45) is 1.66. The number of nitrogens with zero attached hydrogens (tertiary/aromatic N) is 3. The number of amides is 1. The van der Waals surface area contributed by atoms with E-state index in [-0.39, 0.29) is 18.4 Å². The normalized spacial score (nSPS) is 15.5. The van der Waals surface area contributed by atoms with Gasteiger partial charge in [0.2, 0.25) is 5.91 Å². The van der Waals surface area contributed by atoms with Gasteiger partial charge in [-0.05, 0) is 12.5 Å². The standard InChI is InChI=1S/C14H12ClN3O/c1-9(10-5-3-2-4-6-10)18-12(19)7-11-13(15)16-8-17-14(11)18/h2-6,8-9H,7H2,1H3. The van der Waals surface area contributed by atoms with Crippen LogP contribution in [0.1, 0.15) is 24.1 Å². The molecule has 1 aliphatic rings. The van der Waals surface area contributed by atoms with Crippen LogP contribution in [0.5, 0.6) is 0 Å². The van der Waals surface area contributed by atoms with Crippen molar-refractivity contribution >= 4 is 23.3 Å². The summed E-state index contributed by atoms with van der Waals surface area (Å²) >= 11 is 6.02. The Hall–Kier alpha value is -1.94. The van der Waals surface area contributed by atoms with Crippen LogP contribution in [-0.2, 0) is 11.2 Å². The van der Waals surface area contributed by atoms with E-state index in [9.17, 15) is 4.79 Å². The molecule has 1 atom stereocenters. The second-order valence-corrected chi connectivity index (χ2v) is 4.85. The lowest BCUT2D eigenvalue weighted by Crippen LogP contribution is -2.30. The lowest BCUT2D eigenvalue weighted by atomic mass is 10.1. The van der Waals surface area contributed by atoms with E-state index >= 15 is 0 Å². The molecule has 2 aromatic rings.